The number of nitriles is 1. The van der Waals surface area contributed by atoms with Crippen LogP contribution < -0.4 is 0 Å². The second-order valence-corrected chi connectivity index (χ2v) is 3.26. The lowest BCUT2D eigenvalue weighted by Gasteiger charge is -2.01. The Labute approximate surface area is 91.8 Å². The van der Waals surface area contributed by atoms with Crippen molar-refractivity contribution < 1.29 is 9.53 Å². The van der Waals surface area contributed by atoms with E-state index in [0.717, 1.165) is 10.9 Å². The highest BCUT2D eigenvalue weighted by molar-refractivity contribution is 5.81. The van der Waals surface area contributed by atoms with Gasteiger partial charge in [0.05, 0.1) is 30.5 Å². The molecule has 0 saturated carbocycles. The number of aromatic nitrogens is 2. The van der Waals surface area contributed by atoms with Crippen LogP contribution in [0.2, 0.25) is 0 Å². The fourth-order valence-electron chi connectivity index (χ4n) is 1.45. The quantitative estimate of drug-likeness (QED) is 0.703. The van der Waals surface area contributed by atoms with Gasteiger partial charge in [-0.3, -0.25) is 9.48 Å². The molecule has 0 aliphatic heterocycles. The molecular formula is C11H9N3O2. The molecule has 0 bridgehead atoms. The van der Waals surface area contributed by atoms with Gasteiger partial charge < -0.3 is 4.74 Å². The minimum absolute atomic E-state index is 0.0505. The number of ether oxygens (including phenoxy) is 1. The Bertz CT molecular complexity index is 580. The molecule has 2 aromatic rings. The molecule has 80 valence electrons. The maximum Gasteiger partial charge on any atom is 0.327 e. The lowest BCUT2D eigenvalue weighted by Crippen LogP contribution is -2.12. The van der Waals surface area contributed by atoms with E-state index in [-0.39, 0.29) is 12.5 Å². The monoisotopic (exact) mass is 215 g/mol. The Kier molecular flexibility index (Phi) is 2.56. The second kappa shape index (κ2) is 4.03. The van der Waals surface area contributed by atoms with Crippen molar-refractivity contribution in [2.24, 2.45) is 0 Å². The summed E-state index contributed by atoms with van der Waals surface area (Å²) in [5.74, 6) is -0.368. The van der Waals surface area contributed by atoms with E-state index in [1.165, 1.54) is 11.8 Å². The second-order valence-electron chi connectivity index (χ2n) is 3.26. The van der Waals surface area contributed by atoms with Crippen LogP contribution in [0.1, 0.15) is 5.56 Å². The van der Waals surface area contributed by atoms with Gasteiger partial charge in [-0.15, -0.1) is 0 Å². The average Bonchev–Trinajstić information content (AvgIpc) is 2.71. The third kappa shape index (κ3) is 1.73. The fraction of sp³-hybridized carbons (Fsp3) is 0.182. The van der Waals surface area contributed by atoms with E-state index in [4.69, 9.17) is 5.26 Å². The molecule has 0 spiro atoms. The van der Waals surface area contributed by atoms with Crippen LogP contribution >= 0.6 is 0 Å². The van der Waals surface area contributed by atoms with Crippen LogP contribution in [0.25, 0.3) is 10.9 Å². The van der Waals surface area contributed by atoms with Gasteiger partial charge in [0.15, 0.2) is 0 Å². The minimum Gasteiger partial charge on any atom is -0.468 e. The Balaban J connectivity index is 2.46. The van der Waals surface area contributed by atoms with E-state index in [0.29, 0.717) is 5.56 Å². The number of nitrogens with zero attached hydrogens (tertiary/aromatic N) is 3. The van der Waals surface area contributed by atoms with Gasteiger partial charge in [0.2, 0.25) is 0 Å². The molecule has 0 atom stereocenters. The van der Waals surface area contributed by atoms with E-state index in [9.17, 15) is 4.79 Å². The number of hydrogen-bond donors (Lipinski definition) is 0. The lowest BCUT2D eigenvalue weighted by atomic mass is 10.2. The summed E-state index contributed by atoms with van der Waals surface area (Å²) in [4.78, 5) is 11.1. The van der Waals surface area contributed by atoms with Crippen molar-refractivity contribution >= 4 is 16.9 Å². The molecule has 0 aliphatic rings. The van der Waals surface area contributed by atoms with Crippen molar-refractivity contribution in [1.82, 2.24) is 9.78 Å². The zero-order valence-corrected chi connectivity index (χ0v) is 8.67. The molecular weight excluding hydrogens is 206 g/mol. The number of fused-ring (bicyclic) bond motifs is 1. The first-order valence-electron chi connectivity index (χ1n) is 4.67. The molecule has 0 saturated heterocycles. The first-order chi connectivity index (χ1) is 7.74. The molecule has 0 unspecified atom stereocenters. The highest BCUT2D eigenvalue weighted by Crippen LogP contribution is 2.15. The van der Waals surface area contributed by atoms with Crippen LogP contribution in [0, 0.1) is 11.3 Å². The number of rotatable bonds is 2. The van der Waals surface area contributed by atoms with E-state index < -0.39 is 0 Å². The van der Waals surface area contributed by atoms with E-state index in [1.807, 2.05) is 6.07 Å². The minimum atomic E-state index is -0.368. The summed E-state index contributed by atoms with van der Waals surface area (Å²) in [7, 11) is 1.33. The van der Waals surface area contributed by atoms with Crippen LogP contribution in [-0.2, 0) is 16.1 Å². The average molecular weight is 215 g/mol. The topological polar surface area (TPSA) is 67.9 Å². The first kappa shape index (κ1) is 10.2. The highest BCUT2D eigenvalue weighted by atomic mass is 16.5. The van der Waals surface area contributed by atoms with Crippen molar-refractivity contribution in [1.29, 1.82) is 5.26 Å². The standard InChI is InChI=1S/C11H9N3O2/c1-16-11(15)7-14-10-4-8(5-12)2-3-9(10)6-13-14/h2-4,6H,7H2,1H3. The summed E-state index contributed by atoms with van der Waals surface area (Å²) in [5, 5.41) is 13.7. The Hall–Kier alpha value is -2.35. The fourth-order valence-corrected chi connectivity index (χ4v) is 1.45. The van der Waals surface area contributed by atoms with Crippen LogP contribution in [0.3, 0.4) is 0 Å². The molecule has 1 heterocycles. The Morgan fingerprint density at radius 2 is 2.44 bits per heavy atom. The van der Waals surface area contributed by atoms with Gasteiger partial charge >= 0.3 is 5.97 Å². The van der Waals surface area contributed by atoms with Gasteiger partial charge in [-0.1, -0.05) is 0 Å². The Morgan fingerprint density at radius 1 is 1.62 bits per heavy atom. The van der Waals surface area contributed by atoms with E-state index >= 15 is 0 Å². The maximum atomic E-state index is 11.1. The van der Waals surface area contributed by atoms with Gasteiger partial charge in [-0.25, -0.2) is 0 Å². The van der Waals surface area contributed by atoms with Crippen LogP contribution in [0.5, 0.6) is 0 Å². The lowest BCUT2D eigenvalue weighted by molar-refractivity contribution is -0.141. The predicted molar refractivity (Wildman–Crippen MR) is 56.5 cm³/mol. The number of esters is 1. The third-order valence-electron chi connectivity index (χ3n) is 2.28. The molecule has 0 amide bonds. The zero-order chi connectivity index (χ0) is 11.5. The number of hydrogen-bond acceptors (Lipinski definition) is 4. The number of methoxy groups -OCH3 is 1. The predicted octanol–water partition coefficient (Wildman–Crippen LogP) is 1.08. The van der Waals surface area contributed by atoms with Crippen LogP contribution in [-0.4, -0.2) is 22.9 Å². The summed E-state index contributed by atoms with van der Waals surface area (Å²) in [6.45, 7) is 0.0505. The molecule has 0 aliphatic carbocycles. The molecule has 0 N–H and O–H groups in total. The molecule has 16 heavy (non-hydrogen) atoms. The molecule has 1 aromatic heterocycles. The van der Waals surface area contributed by atoms with Crippen molar-refractivity contribution in [2.75, 3.05) is 7.11 Å². The van der Waals surface area contributed by atoms with Crippen LogP contribution in [0.4, 0.5) is 0 Å². The van der Waals surface area contributed by atoms with Crippen LogP contribution in [0.15, 0.2) is 24.4 Å². The molecule has 0 radical (unpaired) electrons. The maximum absolute atomic E-state index is 11.1. The summed E-state index contributed by atoms with van der Waals surface area (Å²) in [6, 6.07) is 7.26. The summed E-state index contributed by atoms with van der Waals surface area (Å²) < 4.78 is 6.08. The van der Waals surface area contributed by atoms with Crippen molar-refractivity contribution in [3.63, 3.8) is 0 Å². The van der Waals surface area contributed by atoms with E-state index in [1.54, 1.807) is 24.4 Å². The summed E-state index contributed by atoms with van der Waals surface area (Å²) in [5.41, 5.74) is 1.29. The molecule has 5 nitrogen and oxygen atoms in total. The van der Waals surface area contributed by atoms with Gasteiger partial charge in [0.25, 0.3) is 0 Å². The smallest absolute Gasteiger partial charge is 0.327 e. The zero-order valence-electron chi connectivity index (χ0n) is 8.67. The largest absolute Gasteiger partial charge is 0.468 e. The number of benzene rings is 1. The van der Waals surface area contributed by atoms with Crippen molar-refractivity contribution in [3.8, 4) is 6.07 Å². The summed E-state index contributed by atoms with van der Waals surface area (Å²) >= 11 is 0. The van der Waals surface area contributed by atoms with Gasteiger partial charge in [0.1, 0.15) is 6.54 Å². The van der Waals surface area contributed by atoms with Crippen molar-refractivity contribution in [3.05, 3.63) is 30.0 Å². The van der Waals surface area contributed by atoms with Crippen molar-refractivity contribution in [2.45, 2.75) is 6.54 Å². The SMILES string of the molecule is COC(=O)Cn1ncc2ccc(C#N)cc21. The first-order valence-corrected chi connectivity index (χ1v) is 4.67. The molecule has 5 heteroatoms. The van der Waals surface area contributed by atoms with Gasteiger partial charge in [-0.2, -0.15) is 10.4 Å². The van der Waals surface area contributed by atoms with Gasteiger partial charge in [-0.05, 0) is 18.2 Å². The highest BCUT2D eigenvalue weighted by Gasteiger charge is 2.07. The summed E-state index contributed by atoms with van der Waals surface area (Å²) in [6.07, 6.45) is 1.65. The Morgan fingerprint density at radius 3 is 3.12 bits per heavy atom. The number of carbonyl (C=O) groups excluding carboxylic acids is 1. The number of carbonyl (C=O) groups is 1. The molecule has 1 aromatic carbocycles. The van der Waals surface area contributed by atoms with Gasteiger partial charge in [0, 0.05) is 5.39 Å². The normalized spacial score (nSPS) is 10.0. The molecule has 0 fully saturated rings. The molecule has 2 rings (SSSR count). The van der Waals surface area contributed by atoms with E-state index in [2.05, 4.69) is 9.84 Å². The third-order valence-corrected chi connectivity index (χ3v) is 2.28.